The molecule has 2 aromatic carbocycles. The summed E-state index contributed by atoms with van der Waals surface area (Å²) in [4.78, 5) is 42.8. The largest absolute Gasteiger partial charge is 0.480 e. The van der Waals surface area contributed by atoms with Gasteiger partial charge in [0.1, 0.15) is 34.7 Å². The quantitative estimate of drug-likeness (QED) is 0.238. The number of aryl methyl sites for hydroxylation is 2. The molecule has 0 aliphatic carbocycles. The van der Waals surface area contributed by atoms with Gasteiger partial charge in [-0.15, -0.1) is 0 Å². The van der Waals surface area contributed by atoms with E-state index in [9.17, 15) is 32.7 Å². The average Bonchev–Trinajstić information content (AvgIpc) is 3.42. The highest BCUT2D eigenvalue weighted by Gasteiger charge is 2.27. The number of fused-ring (bicyclic) bond motifs is 2. The lowest BCUT2D eigenvalue weighted by Gasteiger charge is -2.18. The van der Waals surface area contributed by atoms with Gasteiger partial charge in [0, 0.05) is 54.2 Å². The third-order valence-corrected chi connectivity index (χ3v) is 7.26. The first-order chi connectivity index (χ1) is 20.4. The Kier molecular flexibility index (Phi) is 7.70. The average molecular weight is 592 g/mol. The van der Waals surface area contributed by atoms with Crippen molar-refractivity contribution in [2.24, 2.45) is 7.05 Å². The summed E-state index contributed by atoms with van der Waals surface area (Å²) in [6.07, 6.45) is 2.76. The zero-order valence-corrected chi connectivity index (χ0v) is 23.7. The zero-order chi connectivity index (χ0) is 31.2. The van der Waals surface area contributed by atoms with Gasteiger partial charge < -0.3 is 24.7 Å². The molecule has 1 amide bonds. The van der Waals surface area contributed by atoms with Gasteiger partial charge in [-0.2, -0.15) is 0 Å². The van der Waals surface area contributed by atoms with Crippen molar-refractivity contribution in [1.82, 2.24) is 19.3 Å². The van der Waals surface area contributed by atoms with Crippen LogP contribution in [0.5, 0.6) is 0 Å². The molecule has 0 aliphatic rings. The van der Waals surface area contributed by atoms with Crippen LogP contribution >= 0.6 is 0 Å². The van der Waals surface area contributed by atoms with Crippen LogP contribution in [0.15, 0.2) is 59.7 Å². The molecule has 5 aromatic rings. The Bertz CT molecular complexity index is 1960. The van der Waals surface area contributed by atoms with Crippen molar-refractivity contribution in [1.29, 1.82) is 0 Å². The van der Waals surface area contributed by atoms with E-state index in [1.54, 1.807) is 50.5 Å². The molecule has 43 heavy (non-hydrogen) atoms. The molecule has 0 aliphatic heterocycles. The number of halogens is 3. The first kappa shape index (κ1) is 29.4. The molecule has 3 aromatic heterocycles. The minimum absolute atomic E-state index is 0.113. The number of hydrogen-bond acceptors (Lipinski definition) is 5. The van der Waals surface area contributed by atoms with Crippen molar-refractivity contribution in [2.45, 2.75) is 39.3 Å². The highest BCUT2D eigenvalue weighted by Crippen LogP contribution is 2.30. The molecular weight excluding hydrogens is 563 g/mol. The number of anilines is 1. The van der Waals surface area contributed by atoms with Crippen molar-refractivity contribution in [3.8, 4) is 11.1 Å². The van der Waals surface area contributed by atoms with E-state index in [2.05, 4.69) is 15.6 Å². The van der Waals surface area contributed by atoms with Crippen LogP contribution in [0.2, 0.25) is 0 Å². The lowest BCUT2D eigenvalue weighted by molar-refractivity contribution is -0.139. The molecule has 9 nitrogen and oxygen atoms in total. The molecule has 0 saturated heterocycles. The topological polar surface area (TPSA) is 118 Å². The molecule has 5 rings (SSSR count). The van der Waals surface area contributed by atoms with E-state index >= 15 is 0 Å². The maximum atomic E-state index is 14.7. The van der Waals surface area contributed by atoms with E-state index in [-0.39, 0.29) is 23.7 Å². The summed E-state index contributed by atoms with van der Waals surface area (Å²) in [7, 11) is 1.59. The fraction of sp³-hybridized carbons (Fsp3) is 0.226. The van der Waals surface area contributed by atoms with Crippen LogP contribution in [0, 0.1) is 24.4 Å². The standard InChI is InChI=1S/C31H28F3N5O4/c1-15(2)36-18-12-22(33)27(23(34)13-18)29(40)37-24(31(42)43)14-19-6-7-20(28-35-9-10-39(19)28)26-16(3)21-11-17(32)5-8-25(21)38(4)30(26)41/h5-13,15,24,36H,14H2,1-4H3,(H,37,40)(H,42,43)/t24-/m0/s1. The van der Waals surface area contributed by atoms with Crippen LogP contribution in [0.3, 0.4) is 0 Å². The molecule has 1 atom stereocenters. The van der Waals surface area contributed by atoms with Gasteiger partial charge in [-0.1, -0.05) is 0 Å². The minimum atomic E-state index is -1.56. The Hall–Kier alpha value is -5.13. The number of rotatable bonds is 8. The monoisotopic (exact) mass is 591 g/mol. The predicted octanol–water partition coefficient (Wildman–Crippen LogP) is 4.82. The summed E-state index contributed by atoms with van der Waals surface area (Å²) in [5.41, 5.74) is 1.47. The highest BCUT2D eigenvalue weighted by molar-refractivity contribution is 5.97. The second kappa shape index (κ2) is 11.3. The number of carbonyl (C=O) groups is 2. The third kappa shape index (κ3) is 5.43. The van der Waals surface area contributed by atoms with Gasteiger partial charge in [0.15, 0.2) is 0 Å². The number of nitrogens with one attached hydrogen (secondary N) is 2. The SMILES string of the molecule is Cc1c(-c2ccc(C[C@H](NC(=O)c3c(F)cc(NC(C)C)cc3F)C(=O)O)n3ccnc23)c(=O)n(C)c2ccc(F)cc12. The smallest absolute Gasteiger partial charge is 0.326 e. The van der Waals surface area contributed by atoms with Crippen molar-refractivity contribution in [3.63, 3.8) is 0 Å². The van der Waals surface area contributed by atoms with Gasteiger partial charge in [-0.05, 0) is 68.8 Å². The van der Waals surface area contributed by atoms with E-state index in [4.69, 9.17) is 0 Å². The van der Waals surface area contributed by atoms with Crippen molar-refractivity contribution in [2.75, 3.05) is 5.32 Å². The fourth-order valence-corrected chi connectivity index (χ4v) is 5.27. The Morgan fingerprint density at radius 1 is 1.05 bits per heavy atom. The number of carboxylic acids is 1. The molecule has 3 heterocycles. The van der Waals surface area contributed by atoms with Crippen molar-refractivity contribution in [3.05, 3.63) is 99.5 Å². The van der Waals surface area contributed by atoms with Crippen LogP contribution in [-0.4, -0.2) is 43.0 Å². The molecule has 0 bridgehead atoms. The predicted molar refractivity (Wildman–Crippen MR) is 156 cm³/mol. The molecule has 0 saturated carbocycles. The number of aromatic nitrogens is 3. The summed E-state index contributed by atoms with van der Waals surface area (Å²) in [6.45, 7) is 5.27. The molecule has 0 spiro atoms. The number of nitrogens with zero attached hydrogens (tertiary/aromatic N) is 3. The molecular formula is C31H28F3N5O4. The molecule has 222 valence electrons. The summed E-state index contributed by atoms with van der Waals surface area (Å²) in [5.74, 6) is -5.38. The van der Waals surface area contributed by atoms with Crippen LogP contribution in [-0.2, 0) is 18.3 Å². The maximum absolute atomic E-state index is 14.7. The van der Waals surface area contributed by atoms with E-state index < -0.39 is 40.9 Å². The fourth-order valence-electron chi connectivity index (χ4n) is 5.27. The first-order valence-electron chi connectivity index (χ1n) is 13.4. The van der Waals surface area contributed by atoms with Crippen LogP contribution in [0.4, 0.5) is 18.9 Å². The zero-order valence-electron chi connectivity index (χ0n) is 23.7. The number of amides is 1. The van der Waals surface area contributed by atoms with E-state index in [0.717, 1.165) is 12.1 Å². The normalized spacial score (nSPS) is 12.2. The lowest BCUT2D eigenvalue weighted by Crippen LogP contribution is -2.43. The van der Waals surface area contributed by atoms with Gasteiger partial charge >= 0.3 is 5.97 Å². The maximum Gasteiger partial charge on any atom is 0.326 e. The van der Waals surface area contributed by atoms with E-state index in [1.165, 1.54) is 29.0 Å². The Morgan fingerprint density at radius 3 is 2.40 bits per heavy atom. The molecule has 0 radical (unpaired) electrons. The summed E-state index contributed by atoms with van der Waals surface area (Å²) >= 11 is 0. The van der Waals surface area contributed by atoms with Gasteiger partial charge in [-0.3, -0.25) is 9.59 Å². The van der Waals surface area contributed by atoms with E-state index in [0.29, 0.717) is 38.9 Å². The molecule has 0 unspecified atom stereocenters. The Morgan fingerprint density at radius 2 is 1.74 bits per heavy atom. The second-order valence-corrected chi connectivity index (χ2v) is 10.6. The Labute approximate surface area is 243 Å². The third-order valence-electron chi connectivity index (χ3n) is 7.26. The van der Waals surface area contributed by atoms with Crippen molar-refractivity contribution < 1.29 is 27.9 Å². The number of hydrogen-bond donors (Lipinski definition) is 3. The molecule has 12 heteroatoms. The lowest BCUT2D eigenvalue weighted by atomic mass is 9.98. The number of carboxylic acid groups (broad SMARTS) is 1. The number of imidazole rings is 1. The van der Waals surface area contributed by atoms with Gasteiger partial charge in [0.25, 0.3) is 11.5 Å². The number of benzene rings is 2. The van der Waals surface area contributed by atoms with Crippen molar-refractivity contribution >= 4 is 34.1 Å². The first-order valence-corrected chi connectivity index (χ1v) is 13.4. The summed E-state index contributed by atoms with van der Waals surface area (Å²) < 4.78 is 46.5. The number of pyridine rings is 2. The number of carbonyl (C=O) groups excluding carboxylic acids is 1. The summed E-state index contributed by atoms with van der Waals surface area (Å²) in [5, 5.41) is 15.5. The highest BCUT2D eigenvalue weighted by atomic mass is 19.1. The van der Waals surface area contributed by atoms with Crippen LogP contribution in [0.1, 0.15) is 35.5 Å². The van der Waals surface area contributed by atoms with E-state index in [1.807, 2.05) is 0 Å². The summed E-state index contributed by atoms with van der Waals surface area (Å²) in [6, 6.07) is 7.61. The Balaban J connectivity index is 1.50. The van der Waals surface area contributed by atoms with Gasteiger partial charge in [0.2, 0.25) is 0 Å². The van der Waals surface area contributed by atoms with Gasteiger partial charge in [0.05, 0.1) is 11.1 Å². The second-order valence-electron chi connectivity index (χ2n) is 10.6. The van der Waals surface area contributed by atoms with Crippen LogP contribution < -0.4 is 16.2 Å². The van der Waals surface area contributed by atoms with Crippen LogP contribution in [0.25, 0.3) is 27.7 Å². The number of aliphatic carboxylic acids is 1. The molecule has 3 N–H and O–H groups in total. The molecule has 0 fully saturated rings. The minimum Gasteiger partial charge on any atom is -0.480 e. The van der Waals surface area contributed by atoms with Gasteiger partial charge in [-0.25, -0.2) is 22.9 Å².